The van der Waals surface area contributed by atoms with E-state index in [1.165, 1.54) is 22.0 Å². The van der Waals surface area contributed by atoms with E-state index in [2.05, 4.69) is 102 Å². The van der Waals surface area contributed by atoms with Gasteiger partial charge >= 0.3 is 0 Å². The van der Waals surface area contributed by atoms with Gasteiger partial charge in [-0.2, -0.15) is 0 Å². The number of rotatable bonds is 3. The lowest BCUT2D eigenvalue weighted by Gasteiger charge is -2.34. The maximum absolute atomic E-state index is 6.65. The van der Waals surface area contributed by atoms with Crippen molar-refractivity contribution in [3.8, 4) is 28.4 Å². The molecule has 5 aromatic heterocycles. The maximum atomic E-state index is 6.65. The number of para-hydroxylation sites is 1. The lowest BCUT2D eigenvalue weighted by atomic mass is 9.74. The maximum Gasteiger partial charge on any atom is 0.146 e. The van der Waals surface area contributed by atoms with Gasteiger partial charge in [-0.1, -0.05) is 68.4 Å². The fraction of sp³-hybridized carbons (Fsp3) is 0.0750. The van der Waals surface area contributed by atoms with Gasteiger partial charge in [-0.15, -0.1) is 0 Å². The van der Waals surface area contributed by atoms with Gasteiger partial charge in [0.05, 0.1) is 27.9 Å². The van der Waals surface area contributed by atoms with Crippen molar-refractivity contribution >= 4 is 49.4 Å². The smallest absolute Gasteiger partial charge is 0.146 e. The fourth-order valence-corrected chi connectivity index (χ4v) is 7.48. The third-order valence-electron chi connectivity index (χ3n) is 9.65. The highest BCUT2D eigenvalue weighted by atomic mass is 16.5. The molecule has 6 nitrogen and oxygen atoms in total. The molecule has 0 saturated heterocycles. The Bertz CT molecular complexity index is 2700. The molecule has 0 unspecified atom stereocenters. The third kappa shape index (κ3) is 3.38. The molecule has 6 heteroatoms. The van der Waals surface area contributed by atoms with Crippen LogP contribution in [0.2, 0.25) is 0 Å². The highest BCUT2D eigenvalue weighted by molar-refractivity contribution is 6.11. The van der Waals surface area contributed by atoms with Crippen molar-refractivity contribution in [2.24, 2.45) is 0 Å². The second kappa shape index (κ2) is 9.02. The summed E-state index contributed by atoms with van der Waals surface area (Å²) in [7, 11) is 0. The largest absolute Gasteiger partial charge is 0.457 e. The molecule has 0 bridgehead atoms. The average Bonchev–Trinajstić information content (AvgIpc) is 3.69. The van der Waals surface area contributed by atoms with Crippen molar-refractivity contribution in [3.63, 3.8) is 0 Å². The Morgan fingerprint density at radius 1 is 0.630 bits per heavy atom. The van der Waals surface area contributed by atoms with E-state index in [1.54, 1.807) is 0 Å². The van der Waals surface area contributed by atoms with Gasteiger partial charge in [-0.3, -0.25) is 14.0 Å². The fourth-order valence-electron chi connectivity index (χ4n) is 7.48. The molecule has 6 heterocycles. The summed E-state index contributed by atoms with van der Waals surface area (Å²) in [5.74, 6) is 1.51. The van der Waals surface area contributed by atoms with E-state index in [4.69, 9.17) is 19.7 Å². The highest BCUT2D eigenvalue weighted by Crippen LogP contribution is 2.48. The molecule has 10 rings (SSSR count). The van der Waals surface area contributed by atoms with Crippen LogP contribution in [0.3, 0.4) is 0 Å². The molecule has 1 aliphatic rings. The lowest BCUT2D eigenvalue weighted by Crippen LogP contribution is -2.26. The zero-order valence-electron chi connectivity index (χ0n) is 25.3. The van der Waals surface area contributed by atoms with Crippen LogP contribution >= 0.6 is 0 Å². The zero-order valence-corrected chi connectivity index (χ0v) is 25.3. The van der Waals surface area contributed by atoms with E-state index in [0.29, 0.717) is 0 Å². The van der Waals surface area contributed by atoms with E-state index in [9.17, 15) is 0 Å². The Labute approximate surface area is 264 Å². The minimum Gasteiger partial charge on any atom is -0.457 e. The van der Waals surface area contributed by atoms with Crippen LogP contribution in [-0.2, 0) is 5.41 Å². The standard InChI is InChI=1S/C40H27N5O/c1-40(2)31-18-16-26(22-35(31)45-37-28(11-6-13-32(37)40)29-12-7-20-42-38(29)45)46-25-15-17-27-30(21-25)39-43-33(24-9-4-3-5-10-24)23-44(39)34-14-8-19-41-36(27)34/h3-23H,1-2H3. The second-order valence-electron chi connectivity index (χ2n) is 12.6. The molecule has 46 heavy (non-hydrogen) atoms. The highest BCUT2D eigenvalue weighted by Gasteiger charge is 2.35. The van der Waals surface area contributed by atoms with Gasteiger partial charge in [0, 0.05) is 57.2 Å². The number of ether oxygens (including phenoxy) is 1. The van der Waals surface area contributed by atoms with Gasteiger partial charge in [-0.05, 0) is 59.7 Å². The summed E-state index contributed by atoms with van der Waals surface area (Å²) in [6.07, 6.45) is 5.81. The lowest BCUT2D eigenvalue weighted by molar-refractivity contribution is 0.482. The topological polar surface area (TPSA) is 57.2 Å². The number of hydrogen-bond donors (Lipinski definition) is 0. The third-order valence-corrected chi connectivity index (χ3v) is 9.65. The van der Waals surface area contributed by atoms with Crippen molar-refractivity contribution in [2.75, 3.05) is 0 Å². The molecule has 1 aliphatic heterocycles. The second-order valence-corrected chi connectivity index (χ2v) is 12.6. The number of nitrogens with zero attached hydrogens (tertiary/aromatic N) is 5. The van der Waals surface area contributed by atoms with Gasteiger partial charge in [0.2, 0.25) is 0 Å². The summed E-state index contributed by atoms with van der Waals surface area (Å²) < 4.78 is 11.1. The molecule has 218 valence electrons. The van der Waals surface area contributed by atoms with E-state index in [1.807, 2.05) is 48.8 Å². The predicted molar refractivity (Wildman–Crippen MR) is 184 cm³/mol. The molecule has 0 spiro atoms. The molecule has 0 N–H and O–H groups in total. The van der Waals surface area contributed by atoms with Crippen molar-refractivity contribution in [3.05, 3.63) is 139 Å². The zero-order chi connectivity index (χ0) is 30.6. The van der Waals surface area contributed by atoms with Crippen LogP contribution in [0.25, 0.3) is 66.3 Å². The van der Waals surface area contributed by atoms with E-state index < -0.39 is 0 Å². The summed E-state index contributed by atoms with van der Waals surface area (Å²) in [4.78, 5) is 14.7. The van der Waals surface area contributed by atoms with Crippen LogP contribution in [-0.4, -0.2) is 23.9 Å². The SMILES string of the molecule is CC1(C)c2ccc(Oc3ccc4c(c3)c3nc(-c5ccccc5)cn3c3cccnc43)cc2-n2c3ncccc3c3cccc1c32. The molecule has 0 atom stereocenters. The Hall–Kier alpha value is -6.01. The van der Waals surface area contributed by atoms with E-state index in [0.717, 1.165) is 66.9 Å². The summed E-state index contributed by atoms with van der Waals surface area (Å²) >= 11 is 0. The van der Waals surface area contributed by atoms with Crippen LogP contribution in [0, 0.1) is 0 Å². The first-order valence-electron chi connectivity index (χ1n) is 15.5. The Morgan fingerprint density at radius 2 is 1.43 bits per heavy atom. The van der Waals surface area contributed by atoms with E-state index >= 15 is 0 Å². The summed E-state index contributed by atoms with van der Waals surface area (Å²) in [6, 6.07) is 37.8. The number of pyridine rings is 3. The number of benzene rings is 4. The summed E-state index contributed by atoms with van der Waals surface area (Å²) in [6.45, 7) is 4.60. The number of imidazole rings is 1. The molecule has 0 radical (unpaired) electrons. The molecule has 9 aromatic rings. The first kappa shape index (κ1) is 25.3. The first-order chi connectivity index (χ1) is 22.6. The molecule has 0 amide bonds. The monoisotopic (exact) mass is 593 g/mol. The van der Waals surface area contributed by atoms with Crippen LogP contribution in [0.1, 0.15) is 25.0 Å². The molecule has 0 saturated carbocycles. The first-order valence-corrected chi connectivity index (χ1v) is 15.5. The van der Waals surface area contributed by atoms with Gasteiger partial charge < -0.3 is 4.74 Å². The molecular weight excluding hydrogens is 566 g/mol. The minimum absolute atomic E-state index is 0.183. The Kier molecular flexibility index (Phi) is 4.97. The minimum atomic E-state index is -0.183. The summed E-state index contributed by atoms with van der Waals surface area (Å²) in [5.41, 5.74) is 10.4. The Balaban J connectivity index is 1.15. The molecule has 0 aliphatic carbocycles. The summed E-state index contributed by atoms with van der Waals surface area (Å²) in [5, 5.41) is 4.40. The van der Waals surface area contributed by atoms with Crippen molar-refractivity contribution in [2.45, 2.75) is 19.3 Å². The van der Waals surface area contributed by atoms with Gasteiger partial charge in [-0.25, -0.2) is 9.97 Å². The van der Waals surface area contributed by atoms with Crippen LogP contribution in [0.15, 0.2) is 128 Å². The molecule has 0 fully saturated rings. The van der Waals surface area contributed by atoms with Crippen molar-refractivity contribution < 1.29 is 4.74 Å². The van der Waals surface area contributed by atoms with Crippen molar-refractivity contribution in [1.82, 2.24) is 23.9 Å². The average molecular weight is 594 g/mol. The van der Waals surface area contributed by atoms with Gasteiger partial charge in [0.25, 0.3) is 0 Å². The molecule has 4 aromatic carbocycles. The number of aromatic nitrogens is 5. The van der Waals surface area contributed by atoms with Crippen LogP contribution in [0.5, 0.6) is 11.5 Å². The number of fused-ring (bicyclic) bond motifs is 11. The van der Waals surface area contributed by atoms with Gasteiger partial charge in [0.1, 0.15) is 22.8 Å². The number of hydrogen-bond acceptors (Lipinski definition) is 4. The quantitative estimate of drug-likeness (QED) is 0.191. The normalized spacial score (nSPS) is 13.6. The van der Waals surface area contributed by atoms with Gasteiger partial charge in [0.15, 0.2) is 0 Å². The van der Waals surface area contributed by atoms with Crippen LogP contribution in [0.4, 0.5) is 0 Å². The Morgan fingerprint density at radius 3 is 2.35 bits per heavy atom. The van der Waals surface area contributed by atoms with E-state index in [-0.39, 0.29) is 5.41 Å². The molecular formula is C40H27N5O. The van der Waals surface area contributed by atoms with Crippen molar-refractivity contribution in [1.29, 1.82) is 0 Å². The van der Waals surface area contributed by atoms with Crippen LogP contribution < -0.4 is 4.74 Å². The predicted octanol–water partition coefficient (Wildman–Crippen LogP) is 9.63.